The smallest absolute Gasteiger partial charge is 0.251 e. The number of nitrogens with one attached hydrogen (secondary N) is 2. The van der Waals surface area contributed by atoms with E-state index in [1.165, 1.54) is 6.33 Å². The molecule has 9 heteroatoms. The highest BCUT2D eigenvalue weighted by Crippen LogP contribution is 2.12. The number of aromatic amines is 1. The maximum atomic E-state index is 12.3. The predicted octanol–water partition coefficient (Wildman–Crippen LogP) is 0.278. The van der Waals surface area contributed by atoms with Crippen LogP contribution in [0.1, 0.15) is 22.6 Å². The van der Waals surface area contributed by atoms with Gasteiger partial charge in [0.05, 0.1) is 13.7 Å². The average Bonchev–Trinajstić information content (AvgIpc) is 3.21. The second-order valence-electron chi connectivity index (χ2n) is 6.33. The van der Waals surface area contributed by atoms with E-state index in [0.29, 0.717) is 37.5 Å². The molecule has 9 nitrogen and oxygen atoms in total. The van der Waals surface area contributed by atoms with Gasteiger partial charge in [0.25, 0.3) is 5.91 Å². The third-order valence-corrected chi connectivity index (χ3v) is 4.52. The molecule has 0 aliphatic carbocycles. The Hall–Kier alpha value is -2.94. The third-order valence-electron chi connectivity index (χ3n) is 4.52. The molecule has 0 bridgehead atoms. The molecule has 2 N–H and O–H groups in total. The number of hydrogen-bond acceptors (Lipinski definition) is 6. The summed E-state index contributed by atoms with van der Waals surface area (Å²) in [7, 11) is 1.56. The minimum absolute atomic E-state index is 0.0558. The second kappa shape index (κ2) is 9.13. The number of rotatable bonds is 7. The van der Waals surface area contributed by atoms with E-state index in [0.717, 1.165) is 18.9 Å². The highest BCUT2D eigenvalue weighted by atomic mass is 16.5. The van der Waals surface area contributed by atoms with Gasteiger partial charge in [-0.3, -0.25) is 19.6 Å². The second-order valence-corrected chi connectivity index (χ2v) is 6.33. The molecular weight excluding hydrogens is 348 g/mol. The van der Waals surface area contributed by atoms with E-state index in [1.54, 1.807) is 31.4 Å². The van der Waals surface area contributed by atoms with E-state index < -0.39 is 0 Å². The van der Waals surface area contributed by atoms with Gasteiger partial charge in [0.15, 0.2) is 0 Å². The number of H-pyrrole nitrogens is 1. The van der Waals surface area contributed by atoms with E-state index in [9.17, 15) is 9.59 Å². The molecule has 1 fully saturated rings. The number of carbonyl (C=O) groups is 2. The van der Waals surface area contributed by atoms with Gasteiger partial charge in [0, 0.05) is 44.7 Å². The van der Waals surface area contributed by atoms with Gasteiger partial charge in [-0.25, -0.2) is 4.98 Å². The van der Waals surface area contributed by atoms with E-state index >= 15 is 0 Å². The zero-order valence-electron chi connectivity index (χ0n) is 15.4. The molecule has 0 atom stereocenters. The van der Waals surface area contributed by atoms with Crippen molar-refractivity contribution >= 4 is 11.8 Å². The highest BCUT2D eigenvalue weighted by Gasteiger charge is 2.21. The predicted molar refractivity (Wildman–Crippen MR) is 98.2 cm³/mol. The number of nitrogens with zero attached hydrogens (tertiary/aromatic N) is 4. The van der Waals surface area contributed by atoms with Gasteiger partial charge < -0.3 is 15.0 Å². The number of amides is 2. The van der Waals surface area contributed by atoms with Gasteiger partial charge >= 0.3 is 0 Å². The summed E-state index contributed by atoms with van der Waals surface area (Å²) in [6.07, 6.45) is 1.78. The molecule has 1 aromatic heterocycles. The van der Waals surface area contributed by atoms with Crippen LogP contribution in [0.2, 0.25) is 0 Å². The fraction of sp³-hybridized carbons (Fsp3) is 0.444. The lowest BCUT2D eigenvalue weighted by Crippen LogP contribution is -2.48. The van der Waals surface area contributed by atoms with Crippen molar-refractivity contribution in [2.24, 2.45) is 0 Å². The lowest BCUT2D eigenvalue weighted by molar-refractivity contribution is -0.132. The standard InChI is InChI=1S/C18H24N6O3/c1-27-15-4-2-3-14(11-15)18(26)19-6-5-17(25)24-9-7-23(8-10-24)12-16-20-13-21-22-16/h2-4,11,13H,5-10,12H2,1H3,(H,19,26)(H,20,21,22). The van der Waals surface area contributed by atoms with E-state index in [4.69, 9.17) is 4.74 Å². The number of benzene rings is 1. The van der Waals surface area contributed by atoms with Crippen molar-refractivity contribution in [1.82, 2.24) is 30.3 Å². The number of carbonyl (C=O) groups excluding carboxylic acids is 2. The minimum Gasteiger partial charge on any atom is -0.497 e. The van der Waals surface area contributed by atoms with Crippen LogP contribution in [0, 0.1) is 0 Å². The molecule has 2 heterocycles. The van der Waals surface area contributed by atoms with Crippen LogP contribution in [0.3, 0.4) is 0 Å². The molecule has 1 aromatic carbocycles. The molecule has 2 amide bonds. The summed E-state index contributed by atoms with van der Waals surface area (Å²) in [5.74, 6) is 1.30. The Morgan fingerprint density at radius 2 is 2.07 bits per heavy atom. The summed E-state index contributed by atoms with van der Waals surface area (Å²) >= 11 is 0. The van der Waals surface area contributed by atoms with Crippen molar-refractivity contribution in [3.63, 3.8) is 0 Å². The Morgan fingerprint density at radius 1 is 1.26 bits per heavy atom. The first-order valence-corrected chi connectivity index (χ1v) is 8.92. The summed E-state index contributed by atoms with van der Waals surface area (Å²) in [5, 5.41) is 9.47. The van der Waals surface area contributed by atoms with Crippen molar-refractivity contribution in [1.29, 1.82) is 0 Å². The van der Waals surface area contributed by atoms with Gasteiger partial charge in [-0.05, 0) is 18.2 Å². The Bertz CT molecular complexity index is 756. The summed E-state index contributed by atoms with van der Waals surface area (Å²) in [5.41, 5.74) is 0.517. The molecule has 0 spiro atoms. The lowest BCUT2D eigenvalue weighted by Gasteiger charge is -2.34. The van der Waals surface area contributed by atoms with Gasteiger partial charge in [0.1, 0.15) is 17.9 Å². The van der Waals surface area contributed by atoms with E-state index in [1.807, 2.05) is 4.90 Å². The molecule has 1 aliphatic rings. The molecule has 3 rings (SSSR count). The monoisotopic (exact) mass is 372 g/mol. The zero-order chi connectivity index (χ0) is 19.1. The maximum Gasteiger partial charge on any atom is 0.251 e. The SMILES string of the molecule is COc1cccc(C(=O)NCCC(=O)N2CCN(Cc3ncn[nH]3)CC2)c1. The van der Waals surface area contributed by atoms with Crippen LogP contribution in [-0.4, -0.2) is 76.6 Å². The average molecular weight is 372 g/mol. The number of aromatic nitrogens is 3. The maximum absolute atomic E-state index is 12.3. The zero-order valence-corrected chi connectivity index (χ0v) is 15.4. The molecule has 0 saturated carbocycles. The van der Waals surface area contributed by atoms with Crippen LogP contribution in [-0.2, 0) is 11.3 Å². The molecule has 2 aromatic rings. The van der Waals surface area contributed by atoms with Crippen LogP contribution < -0.4 is 10.1 Å². The Balaban J connectivity index is 1.37. The van der Waals surface area contributed by atoms with Crippen molar-refractivity contribution in [3.05, 3.63) is 42.0 Å². The first kappa shape index (κ1) is 18.8. The fourth-order valence-corrected chi connectivity index (χ4v) is 2.98. The molecule has 1 aliphatic heterocycles. The van der Waals surface area contributed by atoms with Crippen LogP contribution in [0.25, 0.3) is 0 Å². The van der Waals surface area contributed by atoms with Crippen molar-refractivity contribution in [2.75, 3.05) is 39.8 Å². The first-order chi connectivity index (χ1) is 13.2. The van der Waals surface area contributed by atoms with Crippen LogP contribution in [0.4, 0.5) is 0 Å². The van der Waals surface area contributed by atoms with Crippen molar-refractivity contribution in [3.8, 4) is 5.75 Å². The van der Waals surface area contributed by atoms with Crippen molar-refractivity contribution in [2.45, 2.75) is 13.0 Å². The van der Waals surface area contributed by atoms with E-state index in [2.05, 4.69) is 25.4 Å². The molecule has 1 saturated heterocycles. The summed E-state index contributed by atoms with van der Waals surface area (Å²) in [6, 6.07) is 6.93. The quantitative estimate of drug-likeness (QED) is 0.724. The van der Waals surface area contributed by atoms with Crippen LogP contribution in [0.5, 0.6) is 5.75 Å². The Kier molecular flexibility index (Phi) is 6.37. The normalized spacial score (nSPS) is 14.8. The summed E-state index contributed by atoms with van der Waals surface area (Å²) in [4.78, 5) is 32.7. The summed E-state index contributed by atoms with van der Waals surface area (Å²) < 4.78 is 5.11. The molecule has 27 heavy (non-hydrogen) atoms. The number of ether oxygens (including phenoxy) is 1. The fourth-order valence-electron chi connectivity index (χ4n) is 2.98. The number of methoxy groups -OCH3 is 1. The van der Waals surface area contributed by atoms with Gasteiger partial charge in [-0.15, -0.1) is 0 Å². The van der Waals surface area contributed by atoms with Gasteiger partial charge in [-0.2, -0.15) is 5.10 Å². The minimum atomic E-state index is -0.210. The molecule has 144 valence electrons. The highest BCUT2D eigenvalue weighted by molar-refractivity contribution is 5.94. The third kappa shape index (κ3) is 5.27. The van der Waals surface area contributed by atoms with E-state index in [-0.39, 0.29) is 18.2 Å². The van der Waals surface area contributed by atoms with Gasteiger partial charge in [0.2, 0.25) is 5.91 Å². The van der Waals surface area contributed by atoms with Gasteiger partial charge in [-0.1, -0.05) is 6.07 Å². The Labute approximate surface area is 157 Å². The topological polar surface area (TPSA) is 103 Å². The lowest BCUT2D eigenvalue weighted by atomic mass is 10.2. The molecule has 0 unspecified atom stereocenters. The largest absolute Gasteiger partial charge is 0.497 e. The summed E-state index contributed by atoms with van der Waals surface area (Å²) in [6.45, 7) is 3.96. The van der Waals surface area contributed by atoms with Crippen LogP contribution >= 0.6 is 0 Å². The molecule has 0 radical (unpaired) electrons. The molecular formula is C18H24N6O3. The first-order valence-electron chi connectivity index (χ1n) is 8.92. The van der Waals surface area contributed by atoms with Crippen LogP contribution in [0.15, 0.2) is 30.6 Å². The van der Waals surface area contributed by atoms with Crippen molar-refractivity contribution < 1.29 is 14.3 Å². The number of hydrogen-bond donors (Lipinski definition) is 2. The number of piperazine rings is 1. The Morgan fingerprint density at radius 3 is 2.78 bits per heavy atom.